The lowest BCUT2D eigenvalue weighted by molar-refractivity contribution is -0.118. The van der Waals surface area contributed by atoms with Gasteiger partial charge in [0.25, 0.3) is 11.8 Å². The van der Waals surface area contributed by atoms with Gasteiger partial charge in [-0.15, -0.1) is 0 Å². The average Bonchev–Trinajstić information content (AvgIpc) is 3.35. The number of carbonyl (C=O) groups excluding carboxylic acids is 2. The van der Waals surface area contributed by atoms with Crippen LogP contribution < -0.4 is 20.1 Å². The molecule has 0 aliphatic carbocycles. The van der Waals surface area contributed by atoms with Crippen LogP contribution in [-0.4, -0.2) is 44.3 Å². The molecule has 1 heterocycles. The first kappa shape index (κ1) is 23.8. The van der Waals surface area contributed by atoms with Crippen molar-refractivity contribution >= 4 is 23.6 Å². The number of anilines is 1. The van der Waals surface area contributed by atoms with Crippen LogP contribution in [0.3, 0.4) is 0 Å². The summed E-state index contributed by atoms with van der Waals surface area (Å²) in [7, 11) is 0. The van der Waals surface area contributed by atoms with E-state index in [0.717, 1.165) is 12.8 Å². The van der Waals surface area contributed by atoms with E-state index in [0.29, 0.717) is 42.5 Å². The number of nitrogens with zero attached hydrogens (tertiary/aromatic N) is 1. The zero-order chi connectivity index (χ0) is 23.5. The second-order valence-electron chi connectivity index (χ2n) is 7.36. The van der Waals surface area contributed by atoms with Crippen LogP contribution in [0.2, 0.25) is 0 Å². The number of ether oxygens (including phenoxy) is 3. The average molecular weight is 450 g/mol. The SMILES string of the molecule is CCOc1cc(/C=C(\C#N)C(=O)NCC2CCCO2)ccc1OCC(=O)Nc1ccccc1. The summed E-state index contributed by atoms with van der Waals surface area (Å²) in [5.41, 5.74) is 1.26. The third-order valence-electron chi connectivity index (χ3n) is 4.87. The number of hydrogen-bond acceptors (Lipinski definition) is 6. The van der Waals surface area contributed by atoms with Crippen LogP contribution in [0.25, 0.3) is 6.08 Å². The molecule has 2 aromatic carbocycles. The Labute approximate surface area is 193 Å². The van der Waals surface area contributed by atoms with Crippen molar-refractivity contribution in [3.05, 3.63) is 59.7 Å². The molecule has 2 N–H and O–H groups in total. The van der Waals surface area contributed by atoms with Crippen molar-refractivity contribution < 1.29 is 23.8 Å². The molecule has 172 valence electrons. The third-order valence-corrected chi connectivity index (χ3v) is 4.87. The Morgan fingerprint density at radius 2 is 2.00 bits per heavy atom. The lowest BCUT2D eigenvalue weighted by Gasteiger charge is -2.13. The van der Waals surface area contributed by atoms with Crippen molar-refractivity contribution in [2.75, 3.05) is 31.7 Å². The van der Waals surface area contributed by atoms with Crippen molar-refractivity contribution in [1.29, 1.82) is 5.26 Å². The first-order valence-electron chi connectivity index (χ1n) is 10.8. The molecular weight excluding hydrogens is 422 g/mol. The van der Waals surface area contributed by atoms with Crippen molar-refractivity contribution in [2.45, 2.75) is 25.9 Å². The number of hydrogen-bond donors (Lipinski definition) is 2. The summed E-state index contributed by atoms with van der Waals surface area (Å²) in [6.45, 7) is 3.09. The maximum atomic E-state index is 12.4. The van der Waals surface area contributed by atoms with E-state index < -0.39 is 5.91 Å². The number of nitrogens with one attached hydrogen (secondary N) is 2. The fourth-order valence-electron chi connectivity index (χ4n) is 3.29. The van der Waals surface area contributed by atoms with Crippen molar-refractivity contribution in [1.82, 2.24) is 5.32 Å². The predicted octanol–water partition coefficient (Wildman–Crippen LogP) is 3.30. The van der Waals surface area contributed by atoms with Gasteiger partial charge in [-0.05, 0) is 55.7 Å². The largest absolute Gasteiger partial charge is 0.490 e. The molecule has 1 saturated heterocycles. The molecule has 1 unspecified atom stereocenters. The summed E-state index contributed by atoms with van der Waals surface area (Å²) in [5, 5.41) is 14.9. The van der Waals surface area contributed by atoms with Gasteiger partial charge < -0.3 is 24.8 Å². The highest BCUT2D eigenvalue weighted by Crippen LogP contribution is 2.29. The van der Waals surface area contributed by atoms with Gasteiger partial charge in [-0.2, -0.15) is 5.26 Å². The molecular formula is C25H27N3O5. The maximum Gasteiger partial charge on any atom is 0.262 e. The van der Waals surface area contributed by atoms with E-state index in [4.69, 9.17) is 14.2 Å². The molecule has 8 nitrogen and oxygen atoms in total. The van der Waals surface area contributed by atoms with Crippen LogP contribution in [0.5, 0.6) is 11.5 Å². The monoisotopic (exact) mass is 449 g/mol. The lowest BCUT2D eigenvalue weighted by Crippen LogP contribution is -2.32. The summed E-state index contributed by atoms with van der Waals surface area (Å²) < 4.78 is 16.8. The van der Waals surface area contributed by atoms with Gasteiger partial charge in [0.15, 0.2) is 18.1 Å². The van der Waals surface area contributed by atoms with Crippen molar-refractivity contribution in [3.8, 4) is 17.6 Å². The second-order valence-corrected chi connectivity index (χ2v) is 7.36. The van der Waals surface area contributed by atoms with E-state index in [-0.39, 0.29) is 24.2 Å². The maximum absolute atomic E-state index is 12.4. The molecule has 33 heavy (non-hydrogen) atoms. The van der Waals surface area contributed by atoms with Crippen LogP contribution in [-0.2, 0) is 14.3 Å². The van der Waals surface area contributed by atoms with Crippen molar-refractivity contribution in [3.63, 3.8) is 0 Å². The quantitative estimate of drug-likeness (QED) is 0.425. The van der Waals surface area contributed by atoms with E-state index in [1.807, 2.05) is 31.2 Å². The molecule has 2 aromatic rings. The minimum absolute atomic E-state index is 0.00558. The molecule has 1 aliphatic heterocycles. The van der Waals surface area contributed by atoms with Gasteiger partial charge in [0.2, 0.25) is 0 Å². The third kappa shape index (κ3) is 7.37. The van der Waals surface area contributed by atoms with E-state index in [1.165, 1.54) is 6.08 Å². The number of nitriles is 1. The molecule has 8 heteroatoms. The highest BCUT2D eigenvalue weighted by atomic mass is 16.5. The van der Waals surface area contributed by atoms with Gasteiger partial charge in [-0.1, -0.05) is 24.3 Å². The van der Waals surface area contributed by atoms with Crippen LogP contribution in [0.15, 0.2) is 54.1 Å². The lowest BCUT2D eigenvalue weighted by atomic mass is 10.1. The molecule has 2 amide bonds. The Balaban J connectivity index is 1.64. The molecule has 1 fully saturated rings. The van der Waals surface area contributed by atoms with E-state index in [1.54, 1.807) is 30.3 Å². The summed E-state index contributed by atoms with van der Waals surface area (Å²) >= 11 is 0. The minimum atomic E-state index is -0.455. The van der Waals surface area contributed by atoms with Gasteiger partial charge in [0, 0.05) is 18.8 Å². The molecule has 0 saturated carbocycles. The Kier molecular flexibility index (Phi) is 8.86. The van der Waals surface area contributed by atoms with Crippen LogP contribution in [0, 0.1) is 11.3 Å². The first-order chi connectivity index (χ1) is 16.1. The van der Waals surface area contributed by atoms with E-state index in [2.05, 4.69) is 10.6 Å². The van der Waals surface area contributed by atoms with Gasteiger partial charge in [-0.3, -0.25) is 9.59 Å². The molecule has 0 bridgehead atoms. The number of benzene rings is 2. The molecule has 3 rings (SSSR count). The summed E-state index contributed by atoms with van der Waals surface area (Å²) in [6, 6.07) is 16.0. The van der Waals surface area contributed by atoms with Gasteiger partial charge in [0.1, 0.15) is 11.6 Å². The topological polar surface area (TPSA) is 110 Å². The summed E-state index contributed by atoms with van der Waals surface area (Å²) in [6.07, 6.45) is 3.35. The number of para-hydroxylation sites is 1. The Morgan fingerprint density at radius 1 is 1.18 bits per heavy atom. The number of amides is 2. The van der Waals surface area contributed by atoms with Gasteiger partial charge in [-0.25, -0.2) is 0 Å². The molecule has 0 aromatic heterocycles. The second kappa shape index (κ2) is 12.3. The molecule has 0 radical (unpaired) electrons. The highest BCUT2D eigenvalue weighted by molar-refractivity contribution is 6.01. The fourth-order valence-corrected chi connectivity index (χ4v) is 3.29. The summed E-state index contributed by atoms with van der Waals surface area (Å²) in [5.74, 6) is 0.0422. The van der Waals surface area contributed by atoms with Gasteiger partial charge >= 0.3 is 0 Å². The smallest absolute Gasteiger partial charge is 0.262 e. The van der Waals surface area contributed by atoms with Crippen LogP contribution in [0.4, 0.5) is 5.69 Å². The highest BCUT2D eigenvalue weighted by Gasteiger charge is 2.18. The summed E-state index contributed by atoms with van der Waals surface area (Å²) in [4.78, 5) is 24.5. The van der Waals surface area contributed by atoms with E-state index >= 15 is 0 Å². The zero-order valence-electron chi connectivity index (χ0n) is 18.5. The minimum Gasteiger partial charge on any atom is -0.490 e. The van der Waals surface area contributed by atoms with Crippen molar-refractivity contribution in [2.24, 2.45) is 0 Å². The van der Waals surface area contributed by atoms with E-state index in [9.17, 15) is 14.9 Å². The fraction of sp³-hybridized carbons (Fsp3) is 0.320. The normalized spacial score (nSPS) is 15.4. The van der Waals surface area contributed by atoms with Crippen LogP contribution >= 0.6 is 0 Å². The molecule has 1 atom stereocenters. The standard InChI is InChI=1S/C25H27N3O5/c1-2-31-23-14-18(13-19(15-26)25(30)27-16-21-9-6-12-32-21)10-11-22(23)33-17-24(29)28-20-7-4-3-5-8-20/h3-5,7-8,10-11,13-14,21H,2,6,9,12,16-17H2,1H3,(H,27,30)(H,28,29)/b19-13+. The number of rotatable bonds is 10. The molecule has 1 aliphatic rings. The van der Waals surface area contributed by atoms with Gasteiger partial charge in [0.05, 0.1) is 12.7 Å². The molecule has 0 spiro atoms. The zero-order valence-corrected chi connectivity index (χ0v) is 18.5. The first-order valence-corrected chi connectivity index (χ1v) is 10.8. The Hall–Kier alpha value is -3.83. The predicted molar refractivity (Wildman–Crippen MR) is 124 cm³/mol. The number of carbonyl (C=O) groups is 2. The Bertz CT molecular complexity index is 1020. The van der Waals surface area contributed by atoms with Crippen LogP contribution in [0.1, 0.15) is 25.3 Å². The Morgan fingerprint density at radius 3 is 2.70 bits per heavy atom.